The summed E-state index contributed by atoms with van der Waals surface area (Å²) in [7, 11) is 0. The Kier molecular flexibility index (Phi) is 3.54. The average Bonchev–Trinajstić information content (AvgIpc) is 3.03. The second-order valence-electron chi connectivity index (χ2n) is 4.21. The Morgan fingerprint density at radius 2 is 2.10 bits per heavy atom. The van der Waals surface area contributed by atoms with Gasteiger partial charge in [-0.15, -0.1) is 11.3 Å². The van der Waals surface area contributed by atoms with E-state index in [1.165, 1.54) is 0 Å². The third-order valence-electron chi connectivity index (χ3n) is 2.83. The van der Waals surface area contributed by atoms with Gasteiger partial charge in [-0.1, -0.05) is 0 Å². The van der Waals surface area contributed by atoms with E-state index in [1.807, 2.05) is 11.4 Å². The summed E-state index contributed by atoms with van der Waals surface area (Å²) in [5.41, 5.74) is 6.63. The van der Waals surface area contributed by atoms with E-state index in [0.717, 1.165) is 9.35 Å². The number of carbonyl (C=O) groups excluding carboxylic acids is 1. The van der Waals surface area contributed by atoms with Crippen LogP contribution in [0.15, 0.2) is 28.1 Å². The van der Waals surface area contributed by atoms with Crippen LogP contribution in [0.2, 0.25) is 0 Å². The Bertz CT molecular complexity index is 672. The molecule has 1 aromatic carbocycles. The molecule has 0 bridgehead atoms. The summed E-state index contributed by atoms with van der Waals surface area (Å²) in [6, 6.07) is 5.18. The summed E-state index contributed by atoms with van der Waals surface area (Å²) >= 11 is 4.95. The third-order valence-corrected chi connectivity index (χ3v) is 4.53. The van der Waals surface area contributed by atoms with Crippen LogP contribution in [-0.2, 0) is 6.54 Å². The Morgan fingerprint density at radius 3 is 2.80 bits per heavy atom. The Hall–Kier alpha value is -1.73. The lowest BCUT2D eigenvalue weighted by molar-refractivity contribution is 0.0951. The number of anilines is 1. The molecule has 3 N–H and O–H groups in total. The van der Waals surface area contributed by atoms with Crippen LogP contribution in [0.1, 0.15) is 15.2 Å². The molecule has 0 saturated heterocycles. The Morgan fingerprint density at radius 1 is 1.35 bits per heavy atom. The molecule has 20 heavy (non-hydrogen) atoms. The molecule has 1 aliphatic rings. The maximum Gasteiger partial charge on any atom is 0.253 e. The van der Waals surface area contributed by atoms with E-state index in [0.29, 0.717) is 29.3 Å². The van der Waals surface area contributed by atoms with Crippen molar-refractivity contribution in [2.24, 2.45) is 0 Å². The topological polar surface area (TPSA) is 73.6 Å². The smallest absolute Gasteiger partial charge is 0.253 e. The van der Waals surface area contributed by atoms with Gasteiger partial charge in [-0.3, -0.25) is 4.79 Å². The van der Waals surface area contributed by atoms with E-state index < -0.39 is 0 Å². The Labute approximate surface area is 127 Å². The molecule has 1 amide bonds. The minimum atomic E-state index is -0.231. The first kappa shape index (κ1) is 13.3. The first-order chi connectivity index (χ1) is 9.63. The van der Waals surface area contributed by atoms with Crippen molar-refractivity contribution in [2.45, 2.75) is 6.54 Å². The van der Waals surface area contributed by atoms with Crippen LogP contribution < -0.4 is 20.5 Å². The van der Waals surface area contributed by atoms with Gasteiger partial charge in [0.25, 0.3) is 5.91 Å². The lowest BCUT2D eigenvalue weighted by atomic mass is 10.1. The molecule has 1 aliphatic heterocycles. The van der Waals surface area contributed by atoms with Crippen molar-refractivity contribution in [3.05, 3.63) is 38.5 Å². The number of carbonyl (C=O) groups is 1. The molecule has 0 aliphatic carbocycles. The van der Waals surface area contributed by atoms with Crippen molar-refractivity contribution in [2.75, 3.05) is 12.5 Å². The van der Waals surface area contributed by atoms with Crippen LogP contribution in [0, 0.1) is 0 Å². The first-order valence-corrected chi connectivity index (χ1v) is 7.51. The van der Waals surface area contributed by atoms with Crippen LogP contribution in [0.5, 0.6) is 11.5 Å². The molecule has 2 aromatic rings. The molecule has 7 heteroatoms. The lowest BCUT2D eigenvalue weighted by Crippen LogP contribution is -2.23. The molecular weight excluding hydrogens is 344 g/mol. The van der Waals surface area contributed by atoms with Crippen LogP contribution in [0.25, 0.3) is 0 Å². The highest BCUT2D eigenvalue weighted by Crippen LogP contribution is 2.35. The van der Waals surface area contributed by atoms with E-state index in [1.54, 1.807) is 23.5 Å². The predicted octanol–water partition coefficient (Wildman–Crippen LogP) is 2.75. The second-order valence-corrected chi connectivity index (χ2v) is 6.12. The molecular formula is C13H11BrN2O3S. The molecule has 3 rings (SSSR count). The summed E-state index contributed by atoms with van der Waals surface area (Å²) in [5, 5.41) is 4.80. The largest absolute Gasteiger partial charge is 0.454 e. The fraction of sp³-hybridized carbons (Fsp3) is 0.154. The molecule has 0 unspecified atom stereocenters. The summed E-state index contributed by atoms with van der Waals surface area (Å²) in [6.45, 7) is 0.617. The highest BCUT2D eigenvalue weighted by Gasteiger charge is 2.19. The van der Waals surface area contributed by atoms with Crippen LogP contribution in [0.3, 0.4) is 0 Å². The monoisotopic (exact) mass is 354 g/mol. The quantitative estimate of drug-likeness (QED) is 0.831. The second kappa shape index (κ2) is 5.34. The normalized spacial score (nSPS) is 12.4. The van der Waals surface area contributed by atoms with Gasteiger partial charge in [-0.05, 0) is 28.1 Å². The number of rotatable bonds is 3. The van der Waals surface area contributed by atoms with Gasteiger partial charge < -0.3 is 20.5 Å². The number of benzene rings is 1. The average molecular weight is 355 g/mol. The van der Waals surface area contributed by atoms with Crippen molar-refractivity contribution >= 4 is 38.9 Å². The van der Waals surface area contributed by atoms with E-state index >= 15 is 0 Å². The maximum atomic E-state index is 12.2. The fourth-order valence-corrected chi connectivity index (χ4v) is 3.25. The van der Waals surface area contributed by atoms with Gasteiger partial charge in [0, 0.05) is 26.5 Å². The number of hydrogen-bond donors (Lipinski definition) is 2. The molecule has 0 spiro atoms. The van der Waals surface area contributed by atoms with Gasteiger partial charge >= 0.3 is 0 Å². The standard InChI is InChI=1S/C13H11BrN2O3S/c14-7-1-8(20-5-7)4-16-13(17)9-2-11-12(3-10(9)15)19-6-18-11/h1-3,5H,4,6,15H2,(H,16,17). The first-order valence-electron chi connectivity index (χ1n) is 5.84. The number of halogens is 1. The number of hydrogen-bond acceptors (Lipinski definition) is 5. The van der Waals surface area contributed by atoms with Gasteiger partial charge in [0.05, 0.1) is 12.1 Å². The summed E-state index contributed by atoms with van der Waals surface area (Å²) < 4.78 is 11.5. The number of nitrogen functional groups attached to an aromatic ring is 1. The molecule has 0 fully saturated rings. The number of nitrogens with two attached hydrogens (primary N) is 1. The zero-order chi connectivity index (χ0) is 14.1. The zero-order valence-electron chi connectivity index (χ0n) is 10.3. The fourth-order valence-electron chi connectivity index (χ4n) is 1.86. The minimum Gasteiger partial charge on any atom is -0.454 e. The van der Waals surface area contributed by atoms with Crippen molar-refractivity contribution in [3.63, 3.8) is 0 Å². The maximum absolute atomic E-state index is 12.2. The number of amides is 1. The van der Waals surface area contributed by atoms with Gasteiger partial charge in [-0.25, -0.2) is 0 Å². The summed E-state index contributed by atoms with van der Waals surface area (Å²) in [4.78, 5) is 13.2. The van der Waals surface area contributed by atoms with Gasteiger partial charge in [0.15, 0.2) is 11.5 Å². The molecule has 0 saturated carbocycles. The third kappa shape index (κ3) is 2.59. The molecule has 0 radical (unpaired) electrons. The van der Waals surface area contributed by atoms with Crippen LogP contribution in [-0.4, -0.2) is 12.7 Å². The number of nitrogens with one attached hydrogen (secondary N) is 1. The van der Waals surface area contributed by atoms with Crippen LogP contribution in [0.4, 0.5) is 5.69 Å². The van der Waals surface area contributed by atoms with Gasteiger partial charge in [-0.2, -0.15) is 0 Å². The van der Waals surface area contributed by atoms with E-state index in [2.05, 4.69) is 21.2 Å². The van der Waals surface area contributed by atoms with Crippen molar-refractivity contribution in [1.82, 2.24) is 5.32 Å². The highest BCUT2D eigenvalue weighted by atomic mass is 79.9. The van der Waals surface area contributed by atoms with E-state index in [4.69, 9.17) is 15.2 Å². The van der Waals surface area contributed by atoms with Crippen molar-refractivity contribution in [3.8, 4) is 11.5 Å². The van der Waals surface area contributed by atoms with E-state index in [9.17, 15) is 4.79 Å². The summed E-state index contributed by atoms with van der Waals surface area (Å²) in [5.74, 6) is 0.884. The predicted molar refractivity (Wildman–Crippen MR) is 80.2 cm³/mol. The molecule has 0 atom stereocenters. The van der Waals surface area contributed by atoms with Crippen molar-refractivity contribution < 1.29 is 14.3 Å². The highest BCUT2D eigenvalue weighted by molar-refractivity contribution is 9.10. The minimum absolute atomic E-state index is 0.156. The number of ether oxygens (including phenoxy) is 2. The molecule has 5 nitrogen and oxygen atoms in total. The zero-order valence-corrected chi connectivity index (χ0v) is 12.7. The number of thiophene rings is 1. The van der Waals surface area contributed by atoms with Gasteiger partial charge in [0.2, 0.25) is 6.79 Å². The summed E-state index contributed by atoms with van der Waals surface area (Å²) in [6.07, 6.45) is 0. The molecule has 1 aromatic heterocycles. The SMILES string of the molecule is Nc1cc2c(cc1C(=O)NCc1cc(Br)cs1)OCO2. The number of fused-ring (bicyclic) bond motifs is 1. The van der Waals surface area contributed by atoms with E-state index in [-0.39, 0.29) is 12.7 Å². The molecule has 2 heterocycles. The lowest BCUT2D eigenvalue weighted by Gasteiger charge is -2.08. The Balaban J connectivity index is 1.74. The molecule has 104 valence electrons. The van der Waals surface area contributed by atoms with Gasteiger partial charge in [0.1, 0.15) is 0 Å². The van der Waals surface area contributed by atoms with Crippen LogP contribution >= 0.6 is 27.3 Å². The van der Waals surface area contributed by atoms with Crippen molar-refractivity contribution in [1.29, 1.82) is 0 Å².